The lowest BCUT2D eigenvalue weighted by atomic mass is 10.2. The lowest BCUT2D eigenvalue weighted by Gasteiger charge is -2.26. The van der Waals surface area contributed by atoms with Gasteiger partial charge in [-0.05, 0) is 47.9 Å². The van der Waals surface area contributed by atoms with E-state index in [0.717, 1.165) is 29.2 Å². The summed E-state index contributed by atoms with van der Waals surface area (Å²) in [6, 6.07) is 14.2. The Kier molecular flexibility index (Phi) is 5.58. The molecule has 0 saturated carbocycles. The monoisotopic (exact) mass is 411 g/mol. The molecule has 6 heteroatoms. The zero-order valence-electron chi connectivity index (χ0n) is 16.5. The fourth-order valence-electron chi connectivity index (χ4n) is 3.46. The number of anilines is 2. The van der Waals surface area contributed by atoms with Gasteiger partial charge in [-0.3, -0.25) is 4.99 Å². The summed E-state index contributed by atoms with van der Waals surface area (Å²) >= 11 is 6.48. The molecule has 1 aliphatic rings. The van der Waals surface area contributed by atoms with Crippen LogP contribution in [0.15, 0.2) is 59.7 Å². The van der Waals surface area contributed by atoms with Crippen molar-refractivity contribution >= 4 is 29.2 Å². The molecule has 2 aromatic carbocycles. The van der Waals surface area contributed by atoms with Crippen molar-refractivity contribution in [1.82, 2.24) is 4.57 Å². The number of nitrogens with zero attached hydrogens (tertiary/aromatic N) is 3. The molecule has 4 nitrogen and oxygen atoms in total. The molecular formula is C23H23ClFN3O. The van der Waals surface area contributed by atoms with Crippen molar-refractivity contribution < 1.29 is 9.13 Å². The molecule has 0 radical (unpaired) electrons. The third kappa shape index (κ3) is 4.30. The lowest BCUT2D eigenvalue weighted by Crippen LogP contribution is -2.22. The van der Waals surface area contributed by atoms with Crippen LogP contribution in [0.3, 0.4) is 0 Å². The number of fused-ring (bicyclic) bond motifs is 1. The standard InChI is InChI=1S/C23H23ClFN3O/c1-16(2)13-27-9-8-21-22(27)12-26-15-28(21)19-6-7-23(20(24)11-19)29-14-17-4-3-5-18(25)10-17/h3-12,16H,13-15H2,1-2H3. The number of hydrogen-bond acceptors (Lipinski definition) is 3. The van der Waals surface area contributed by atoms with Crippen LogP contribution in [0.4, 0.5) is 15.8 Å². The van der Waals surface area contributed by atoms with E-state index in [4.69, 9.17) is 16.3 Å². The van der Waals surface area contributed by atoms with Crippen molar-refractivity contribution in [1.29, 1.82) is 0 Å². The van der Waals surface area contributed by atoms with Gasteiger partial charge in [-0.25, -0.2) is 4.39 Å². The number of aliphatic imine (C=N–C) groups is 1. The second-order valence-electron chi connectivity index (χ2n) is 7.55. The zero-order chi connectivity index (χ0) is 20.4. The SMILES string of the molecule is CC(C)Cn1ccc2c1C=NCN2c1ccc(OCc2cccc(F)c2)c(Cl)c1. The van der Waals surface area contributed by atoms with Crippen molar-refractivity contribution in [3.8, 4) is 5.75 Å². The molecule has 0 fully saturated rings. The van der Waals surface area contributed by atoms with Gasteiger partial charge in [0.15, 0.2) is 0 Å². The Balaban J connectivity index is 1.53. The number of rotatable bonds is 6. The lowest BCUT2D eigenvalue weighted by molar-refractivity contribution is 0.306. The van der Waals surface area contributed by atoms with Gasteiger partial charge in [-0.1, -0.05) is 37.6 Å². The fourth-order valence-corrected chi connectivity index (χ4v) is 3.69. The minimum atomic E-state index is -0.279. The van der Waals surface area contributed by atoms with Crippen LogP contribution in [-0.2, 0) is 13.2 Å². The molecule has 4 rings (SSSR count). The second kappa shape index (κ2) is 8.29. The van der Waals surface area contributed by atoms with Crippen LogP contribution in [0.1, 0.15) is 25.1 Å². The van der Waals surface area contributed by atoms with E-state index in [1.807, 2.05) is 30.5 Å². The summed E-state index contributed by atoms with van der Waals surface area (Å²) in [5.74, 6) is 0.843. The number of benzene rings is 2. The largest absolute Gasteiger partial charge is 0.487 e. The first kappa shape index (κ1) is 19.5. The molecule has 3 aromatic rings. The van der Waals surface area contributed by atoms with Crippen LogP contribution in [0.2, 0.25) is 5.02 Å². The van der Waals surface area contributed by atoms with Gasteiger partial charge in [0.05, 0.1) is 16.4 Å². The number of aromatic nitrogens is 1. The van der Waals surface area contributed by atoms with Crippen LogP contribution in [0.25, 0.3) is 0 Å². The van der Waals surface area contributed by atoms with Crippen LogP contribution in [0.5, 0.6) is 5.75 Å². The van der Waals surface area contributed by atoms with Crippen molar-refractivity contribution in [3.63, 3.8) is 0 Å². The van der Waals surface area contributed by atoms with Crippen molar-refractivity contribution in [3.05, 3.63) is 76.8 Å². The van der Waals surface area contributed by atoms with Gasteiger partial charge in [0.25, 0.3) is 0 Å². The predicted molar refractivity (Wildman–Crippen MR) is 116 cm³/mol. The average molecular weight is 412 g/mol. The summed E-state index contributed by atoms with van der Waals surface area (Å²) in [6.07, 6.45) is 4.04. The number of hydrogen-bond donors (Lipinski definition) is 0. The Hall–Kier alpha value is -2.79. The molecule has 0 N–H and O–H groups in total. The first-order valence-electron chi connectivity index (χ1n) is 9.64. The molecular weight excluding hydrogens is 389 g/mol. The van der Waals surface area contributed by atoms with Crippen LogP contribution >= 0.6 is 11.6 Å². The molecule has 0 unspecified atom stereocenters. The summed E-state index contributed by atoms with van der Waals surface area (Å²) in [5.41, 5.74) is 3.93. The Bertz CT molecular complexity index is 1040. The van der Waals surface area contributed by atoms with Crippen molar-refractivity contribution in [2.45, 2.75) is 27.0 Å². The molecule has 0 bridgehead atoms. The summed E-state index contributed by atoms with van der Waals surface area (Å²) in [7, 11) is 0. The molecule has 2 heterocycles. The van der Waals surface area contributed by atoms with Crippen LogP contribution in [0, 0.1) is 11.7 Å². The van der Waals surface area contributed by atoms with E-state index in [0.29, 0.717) is 23.4 Å². The van der Waals surface area contributed by atoms with E-state index >= 15 is 0 Å². The molecule has 29 heavy (non-hydrogen) atoms. The van der Waals surface area contributed by atoms with E-state index in [-0.39, 0.29) is 12.4 Å². The van der Waals surface area contributed by atoms with Crippen molar-refractivity contribution in [2.24, 2.45) is 10.9 Å². The zero-order valence-corrected chi connectivity index (χ0v) is 17.2. The third-order valence-electron chi connectivity index (χ3n) is 4.78. The summed E-state index contributed by atoms with van der Waals surface area (Å²) in [5, 5.41) is 0.511. The van der Waals surface area contributed by atoms with E-state index in [1.165, 1.54) is 12.1 Å². The van der Waals surface area contributed by atoms with Gasteiger partial charge in [0, 0.05) is 24.6 Å². The summed E-state index contributed by atoms with van der Waals surface area (Å²) in [6.45, 7) is 6.15. The van der Waals surface area contributed by atoms with Gasteiger partial charge >= 0.3 is 0 Å². The molecule has 1 aromatic heterocycles. The topological polar surface area (TPSA) is 29.8 Å². The maximum absolute atomic E-state index is 13.3. The van der Waals surface area contributed by atoms with Gasteiger partial charge in [0.2, 0.25) is 0 Å². The predicted octanol–water partition coefficient (Wildman–Crippen LogP) is 6.04. The normalized spacial score (nSPS) is 13.1. The Morgan fingerprint density at radius 3 is 2.79 bits per heavy atom. The maximum Gasteiger partial charge on any atom is 0.138 e. The highest BCUT2D eigenvalue weighted by Crippen LogP contribution is 2.36. The van der Waals surface area contributed by atoms with E-state index in [2.05, 4.69) is 40.6 Å². The van der Waals surface area contributed by atoms with Gasteiger partial charge in [-0.2, -0.15) is 0 Å². The van der Waals surface area contributed by atoms with Gasteiger partial charge in [-0.15, -0.1) is 0 Å². The molecule has 0 aliphatic carbocycles. The van der Waals surface area contributed by atoms with Gasteiger partial charge < -0.3 is 14.2 Å². The number of halogens is 2. The second-order valence-corrected chi connectivity index (χ2v) is 7.95. The van der Waals surface area contributed by atoms with Crippen LogP contribution in [-0.4, -0.2) is 17.5 Å². The smallest absolute Gasteiger partial charge is 0.138 e. The van der Waals surface area contributed by atoms with Gasteiger partial charge in [0.1, 0.15) is 24.8 Å². The van der Waals surface area contributed by atoms with E-state index in [9.17, 15) is 4.39 Å². The first-order valence-corrected chi connectivity index (χ1v) is 10.0. The summed E-state index contributed by atoms with van der Waals surface area (Å²) in [4.78, 5) is 6.66. The molecule has 0 spiro atoms. The molecule has 0 saturated heterocycles. The molecule has 150 valence electrons. The molecule has 0 atom stereocenters. The van der Waals surface area contributed by atoms with E-state index < -0.39 is 0 Å². The number of ether oxygens (including phenoxy) is 1. The highest BCUT2D eigenvalue weighted by atomic mass is 35.5. The maximum atomic E-state index is 13.3. The highest BCUT2D eigenvalue weighted by molar-refractivity contribution is 6.32. The van der Waals surface area contributed by atoms with E-state index in [1.54, 1.807) is 6.07 Å². The first-order chi connectivity index (χ1) is 14.0. The van der Waals surface area contributed by atoms with Crippen LogP contribution < -0.4 is 9.64 Å². The molecule has 1 aliphatic heterocycles. The quantitative estimate of drug-likeness (QED) is 0.494. The fraction of sp³-hybridized carbons (Fsp3) is 0.261. The summed E-state index contributed by atoms with van der Waals surface area (Å²) < 4.78 is 21.3. The highest BCUT2D eigenvalue weighted by Gasteiger charge is 2.20. The minimum absolute atomic E-state index is 0.257. The third-order valence-corrected chi connectivity index (χ3v) is 5.08. The average Bonchev–Trinajstić information content (AvgIpc) is 3.09. The Labute approximate surface area is 175 Å². The minimum Gasteiger partial charge on any atom is -0.487 e. The molecule has 0 amide bonds. The Morgan fingerprint density at radius 2 is 2.03 bits per heavy atom. The van der Waals surface area contributed by atoms with Crippen molar-refractivity contribution in [2.75, 3.05) is 11.6 Å². The Morgan fingerprint density at radius 1 is 1.17 bits per heavy atom.